The molecule has 154 valence electrons. The summed E-state index contributed by atoms with van der Waals surface area (Å²) in [6.07, 6.45) is 1.39. The van der Waals surface area contributed by atoms with Crippen LogP contribution in [0.4, 0.5) is 0 Å². The number of nitrogens with one attached hydrogen (secondary N) is 2. The minimum Gasteiger partial charge on any atom is -0.383 e. The molecule has 2 aromatic carbocycles. The second-order valence-corrected chi connectivity index (χ2v) is 7.47. The Morgan fingerprint density at radius 2 is 1.62 bits per heavy atom. The third-order valence-corrected chi connectivity index (χ3v) is 5.54. The summed E-state index contributed by atoms with van der Waals surface area (Å²) in [6.45, 7) is 2.93. The number of rotatable bonds is 6. The van der Waals surface area contributed by atoms with Crippen molar-refractivity contribution in [2.75, 3.05) is 19.8 Å². The molecule has 2 amide bonds. The van der Waals surface area contributed by atoms with E-state index in [4.69, 9.17) is 4.74 Å². The first kappa shape index (κ1) is 21.0. The molecule has 0 aromatic heterocycles. The molecule has 3 N–H and O–H groups in total. The maximum atomic E-state index is 12.4. The van der Waals surface area contributed by atoms with E-state index in [9.17, 15) is 14.7 Å². The Kier molecular flexibility index (Phi) is 7.01. The highest BCUT2D eigenvalue weighted by Gasteiger charge is 2.39. The van der Waals surface area contributed by atoms with Gasteiger partial charge in [0, 0.05) is 13.2 Å². The van der Waals surface area contributed by atoms with Gasteiger partial charge in [-0.3, -0.25) is 9.59 Å². The maximum Gasteiger partial charge on any atom is 0.309 e. The average Bonchev–Trinajstić information content (AvgIpc) is 2.79. The predicted octanol–water partition coefficient (Wildman–Crippen LogP) is 2.29. The molecule has 0 radical (unpaired) electrons. The van der Waals surface area contributed by atoms with E-state index in [0.29, 0.717) is 26.1 Å². The number of carbonyl (C=O) groups is 2. The molecular formula is C23H28N2O4. The zero-order chi connectivity index (χ0) is 20.7. The van der Waals surface area contributed by atoms with Crippen LogP contribution < -0.4 is 10.6 Å². The first-order valence-corrected chi connectivity index (χ1v) is 10.00. The molecular weight excluding hydrogens is 368 g/mol. The van der Waals surface area contributed by atoms with E-state index >= 15 is 0 Å². The van der Waals surface area contributed by atoms with Gasteiger partial charge in [-0.05, 0) is 36.8 Å². The molecule has 0 saturated carbocycles. The molecule has 29 heavy (non-hydrogen) atoms. The summed E-state index contributed by atoms with van der Waals surface area (Å²) in [6, 6.07) is 18.4. The summed E-state index contributed by atoms with van der Waals surface area (Å²) < 4.78 is 5.42. The van der Waals surface area contributed by atoms with Crippen LogP contribution in [0.1, 0.15) is 36.9 Å². The molecule has 1 aliphatic rings. The number of ether oxygens (including phenoxy) is 1. The van der Waals surface area contributed by atoms with Crippen LogP contribution >= 0.6 is 0 Å². The number of benzene rings is 2. The van der Waals surface area contributed by atoms with Gasteiger partial charge in [-0.15, -0.1) is 0 Å². The number of aliphatic hydroxyl groups is 1. The van der Waals surface area contributed by atoms with Crippen molar-refractivity contribution in [3.05, 3.63) is 71.8 Å². The van der Waals surface area contributed by atoms with Crippen LogP contribution in [0.5, 0.6) is 0 Å². The van der Waals surface area contributed by atoms with Crippen molar-refractivity contribution >= 4 is 11.8 Å². The Bertz CT molecular complexity index is 806. The largest absolute Gasteiger partial charge is 0.383 e. The summed E-state index contributed by atoms with van der Waals surface area (Å²) in [5.41, 5.74) is 0.383. The fraction of sp³-hybridized carbons (Fsp3) is 0.391. The van der Waals surface area contributed by atoms with E-state index in [-0.39, 0.29) is 18.5 Å². The smallest absolute Gasteiger partial charge is 0.309 e. The minimum atomic E-state index is -1.26. The second kappa shape index (κ2) is 9.67. The van der Waals surface area contributed by atoms with E-state index in [1.54, 1.807) is 0 Å². The monoisotopic (exact) mass is 396 g/mol. The Morgan fingerprint density at radius 1 is 1.03 bits per heavy atom. The summed E-state index contributed by atoms with van der Waals surface area (Å²) in [5.74, 6) is -1.54. The standard InChI is InChI=1S/C23H28N2O4/c1-17(18-8-4-2-5-9-18)25-22(27)21(26)24-16-23(28,19-10-6-3-7-11-19)20-12-14-29-15-13-20/h2-11,17,20,28H,12-16H2,1H3,(H,24,26)(H,25,27)/t17-,23+/m0/s1. The second-order valence-electron chi connectivity index (χ2n) is 7.47. The Balaban J connectivity index is 1.65. The van der Waals surface area contributed by atoms with Crippen LogP contribution in [0.2, 0.25) is 0 Å². The molecule has 2 aromatic rings. The fourth-order valence-corrected chi connectivity index (χ4v) is 3.77. The molecule has 2 atom stereocenters. The first-order valence-electron chi connectivity index (χ1n) is 10.00. The molecule has 0 bridgehead atoms. The van der Waals surface area contributed by atoms with E-state index in [0.717, 1.165) is 11.1 Å². The third-order valence-electron chi connectivity index (χ3n) is 5.54. The average molecular weight is 396 g/mol. The summed E-state index contributed by atoms with van der Waals surface area (Å²) in [7, 11) is 0. The molecule has 0 aliphatic carbocycles. The molecule has 1 heterocycles. The van der Waals surface area contributed by atoms with Gasteiger partial charge in [0.1, 0.15) is 5.60 Å². The zero-order valence-corrected chi connectivity index (χ0v) is 16.6. The number of amides is 2. The van der Waals surface area contributed by atoms with Crippen molar-refractivity contribution in [2.24, 2.45) is 5.92 Å². The lowest BCUT2D eigenvalue weighted by atomic mass is 9.77. The predicted molar refractivity (Wildman–Crippen MR) is 110 cm³/mol. The van der Waals surface area contributed by atoms with E-state index < -0.39 is 17.4 Å². The number of carbonyl (C=O) groups excluding carboxylic acids is 2. The molecule has 3 rings (SSSR count). The fourth-order valence-electron chi connectivity index (χ4n) is 3.77. The van der Waals surface area contributed by atoms with Crippen LogP contribution in [0.25, 0.3) is 0 Å². The number of hydrogen-bond donors (Lipinski definition) is 3. The van der Waals surface area contributed by atoms with Gasteiger partial charge >= 0.3 is 11.8 Å². The Morgan fingerprint density at radius 3 is 2.24 bits per heavy atom. The molecule has 0 unspecified atom stereocenters. The Labute approximate surface area is 171 Å². The SMILES string of the molecule is C[C@H](NC(=O)C(=O)NC[C@@](O)(c1ccccc1)C1CCOCC1)c1ccccc1. The normalized spacial score (nSPS) is 17.7. The highest BCUT2D eigenvalue weighted by molar-refractivity contribution is 6.35. The summed E-state index contributed by atoms with van der Waals surface area (Å²) >= 11 is 0. The van der Waals surface area contributed by atoms with Crippen LogP contribution in [0, 0.1) is 5.92 Å². The van der Waals surface area contributed by atoms with E-state index in [1.165, 1.54) is 0 Å². The summed E-state index contributed by atoms with van der Waals surface area (Å²) in [5, 5.41) is 16.8. The molecule has 6 heteroatoms. The lowest BCUT2D eigenvalue weighted by molar-refractivity contribution is -0.141. The maximum absolute atomic E-state index is 12.4. The van der Waals surface area contributed by atoms with Gasteiger partial charge in [0.2, 0.25) is 0 Å². The van der Waals surface area contributed by atoms with Gasteiger partial charge < -0.3 is 20.5 Å². The van der Waals surface area contributed by atoms with Crippen LogP contribution in [-0.4, -0.2) is 36.7 Å². The van der Waals surface area contributed by atoms with Gasteiger partial charge in [-0.1, -0.05) is 60.7 Å². The van der Waals surface area contributed by atoms with Crippen molar-refractivity contribution in [3.8, 4) is 0 Å². The van der Waals surface area contributed by atoms with Crippen molar-refractivity contribution in [1.82, 2.24) is 10.6 Å². The molecule has 6 nitrogen and oxygen atoms in total. The van der Waals surface area contributed by atoms with Crippen LogP contribution in [-0.2, 0) is 19.9 Å². The zero-order valence-electron chi connectivity index (χ0n) is 16.6. The molecule has 1 fully saturated rings. The van der Waals surface area contributed by atoms with E-state index in [1.807, 2.05) is 67.6 Å². The summed E-state index contributed by atoms with van der Waals surface area (Å²) in [4.78, 5) is 24.7. The Hall–Kier alpha value is -2.70. The molecule has 0 spiro atoms. The van der Waals surface area contributed by atoms with Gasteiger partial charge in [-0.25, -0.2) is 0 Å². The highest BCUT2D eigenvalue weighted by atomic mass is 16.5. The molecule has 1 aliphatic heterocycles. The van der Waals surface area contributed by atoms with Crippen molar-refractivity contribution in [2.45, 2.75) is 31.4 Å². The van der Waals surface area contributed by atoms with Gasteiger partial charge in [-0.2, -0.15) is 0 Å². The molecule has 1 saturated heterocycles. The van der Waals surface area contributed by atoms with Crippen molar-refractivity contribution in [1.29, 1.82) is 0 Å². The highest BCUT2D eigenvalue weighted by Crippen LogP contribution is 2.35. The quantitative estimate of drug-likeness (QED) is 0.654. The lowest BCUT2D eigenvalue weighted by Gasteiger charge is -2.39. The first-order chi connectivity index (χ1) is 14.0. The van der Waals surface area contributed by atoms with Crippen molar-refractivity contribution < 1.29 is 19.4 Å². The van der Waals surface area contributed by atoms with E-state index in [2.05, 4.69) is 10.6 Å². The van der Waals surface area contributed by atoms with Gasteiger partial charge in [0.15, 0.2) is 0 Å². The van der Waals surface area contributed by atoms with Crippen LogP contribution in [0.3, 0.4) is 0 Å². The van der Waals surface area contributed by atoms with Gasteiger partial charge in [0.25, 0.3) is 0 Å². The third kappa shape index (κ3) is 5.22. The number of hydrogen-bond acceptors (Lipinski definition) is 4. The van der Waals surface area contributed by atoms with Crippen LogP contribution in [0.15, 0.2) is 60.7 Å². The minimum absolute atomic E-state index is 0.0341. The topological polar surface area (TPSA) is 87.7 Å². The lowest BCUT2D eigenvalue weighted by Crippen LogP contribution is -2.50. The van der Waals surface area contributed by atoms with Crippen molar-refractivity contribution in [3.63, 3.8) is 0 Å². The van der Waals surface area contributed by atoms with Gasteiger partial charge in [0.05, 0.1) is 12.6 Å².